The van der Waals surface area contributed by atoms with E-state index in [2.05, 4.69) is 24.1 Å². The molecule has 2 saturated heterocycles. The molecule has 0 aliphatic carbocycles. The van der Waals surface area contributed by atoms with Gasteiger partial charge < -0.3 is 5.32 Å². The quantitative estimate of drug-likeness (QED) is 0.585. The molecule has 12 heavy (non-hydrogen) atoms. The van der Waals surface area contributed by atoms with Crippen molar-refractivity contribution in [2.75, 3.05) is 19.6 Å². The molecule has 2 heterocycles. The molecule has 0 aromatic carbocycles. The number of rotatable bonds is 0. The molecule has 2 rings (SSSR count). The van der Waals surface area contributed by atoms with Gasteiger partial charge in [0.25, 0.3) is 0 Å². The Bertz CT molecular complexity index is 165. The van der Waals surface area contributed by atoms with Crippen LogP contribution in [0.3, 0.4) is 0 Å². The van der Waals surface area contributed by atoms with Gasteiger partial charge in [-0.25, -0.2) is 0 Å². The summed E-state index contributed by atoms with van der Waals surface area (Å²) in [5.74, 6) is 0. The van der Waals surface area contributed by atoms with Crippen molar-refractivity contribution in [3.63, 3.8) is 0 Å². The average Bonchev–Trinajstić information content (AvgIpc) is 2.42. The van der Waals surface area contributed by atoms with Crippen molar-refractivity contribution in [3.8, 4) is 0 Å². The minimum Gasteiger partial charge on any atom is -0.315 e. The summed E-state index contributed by atoms with van der Waals surface area (Å²) in [6, 6.07) is 0.870. The molecule has 0 aromatic heterocycles. The van der Waals surface area contributed by atoms with Gasteiger partial charge >= 0.3 is 0 Å². The van der Waals surface area contributed by atoms with Crippen LogP contribution in [0.2, 0.25) is 0 Å². The monoisotopic (exact) mass is 168 g/mol. The minimum atomic E-state index is 0.387. The first-order chi connectivity index (χ1) is 5.70. The third-order valence-electron chi connectivity index (χ3n) is 3.37. The molecule has 0 saturated carbocycles. The predicted molar refractivity (Wildman–Crippen MR) is 51.3 cm³/mol. The van der Waals surface area contributed by atoms with E-state index in [9.17, 15) is 0 Å². The van der Waals surface area contributed by atoms with Gasteiger partial charge in [-0.15, -0.1) is 0 Å². The lowest BCUT2D eigenvalue weighted by Crippen LogP contribution is -2.49. The van der Waals surface area contributed by atoms with E-state index in [4.69, 9.17) is 0 Å². The maximum atomic E-state index is 3.52. The van der Waals surface area contributed by atoms with Gasteiger partial charge in [-0.1, -0.05) is 0 Å². The number of nitrogens with one attached hydrogen (secondary N) is 1. The van der Waals surface area contributed by atoms with Crippen LogP contribution in [0, 0.1) is 0 Å². The zero-order valence-corrected chi connectivity index (χ0v) is 8.27. The second kappa shape index (κ2) is 3.00. The highest BCUT2D eigenvalue weighted by Crippen LogP contribution is 2.29. The van der Waals surface area contributed by atoms with Gasteiger partial charge in [0.05, 0.1) is 0 Å². The van der Waals surface area contributed by atoms with Crippen molar-refractivity contribution in [2.24, 2.45) is 0 Å². The van der Waals surface area contributed by atoms with E-state index in [0.717, 1.165) is 12.6 Å². The van der Waals surface area contributed by atoms with Gasteiger partial charge in [0.2, 0.25) is 0 Å². The van der Waals surface area contributed by atoms with Crippen LogP contribution in [-0.2, 0) is 0 Å². The molecule has 2 fully saturated rings. The van der Waals surface area contributed by atoms with E-state index in [-0.39, 0.29) is 0 Å². The van der Waals surface area contributed by atoms with Gasteiger partial charge in [-0.3, -0.25) is 4.90 Å². The maximum Gasteiger partial charge on any atom is 0.0280 e. The van der Waals surface area contributed by atoms with Gasteiger partial charge in [-0.05, 0) is 46.2 Å². The maximum absolute atomic E-state index is 3.52. The first kappa shape index (κ1) is 8.52. The summed E-state index contributed by atoms with van der Waals surface area (Å²) in [5, 5.41) is 3.52. The fraction of sp³-hybridized carbons (Fsp3) is 1.00. The lowest BCUT2D eigenvalue weighted by Gasteiger charge is -2.37. The Morgan fingerprint density at radius 1 is 1.33 bits per heavy atom. The molecule has 2 heteroatoms. The molecule has 0 spiro atoms. The Morgan fingerprint density at radius 2 is 2.17 bits per heavy atom. The van der Waals surface area contributed by atoms with E-state index in [1.807, 2.05) is 0 Å². The standard InChI is InChI=1S/C10H20N2/c1-10(2)8-11-6-5-9-4-3-7-12(9)10/h9,11H,3-8H2,1-2H3. The van der Waals surface area contributed by atoms with Crippen LogP contribution in [0.25, 0.3) is 0 Å². The van der Waals surface area contributed by atoms with Crippen molar-refractivity contribution < 1.29 is 0 Å². The minimum absolute atomic E-state index is 0.387. The van der Waals surface area contributed by atoms with Crippen LogP contribution in [0.5, 0.6) is 0 Å². The molecular weight excluding hydrogens is 148 g/mol. The summed E-state index contributed by atoms with van der Waals surface area (Å²) in [6.45, 7) is 8.42. The third-order valence-corrected chi connectivity index (χ3v) is 3.37. The number of fused-ring (bicyclic) bond motifs is 1. The summed E-state index contributed by atoms with van der Waals surface area (Å²) in [7, 11) is 0. The molecule has 0 bridgehead atoms. The molecule has 1 unspecified atom stereocenters. The smallest absolute Gasteiger partial charge is 0.0280 e. The molecule has 0 amide bonds. The van der Waals surface area contributed by atoms with Crippen LogP contribution in [0.1, 0.15) is 33.1 Å². The lowest BCUT2D eigenvalue weighted by atomic mass is 10.0. The number of hydrogen-bond donors (Lipinski definition) is 1. The fourth-order valence-electron chi connectivity index (χ4n) is 2.70. The molecule has 70 valence electrons. The topological polar surface area (TPSA) is 15.3 Å². The normalized spacial score (nSPS) is 36.0. The SMILES string of the molecule is CC1(C)CNCCC2CCCN21. The first-order valence-electron chi connectivity index (χ1n) is 5.18. The Kier molecular flexibility index (Phi) is 2.13. The highest BCUT2D eigenvalue weighted by Gasteiger charge is 2.36. The zero-order valence-electron chi connectivity index (χ0n) is 8.27. The van der Waals surface area contributed by atoms with E-state index in [0.29, 0.717) is 5.54 Å². The van der Waals surface area contributed by atoms with Gasteiger partial charge in [0.15, 0.2) is 0 Å². The first-order valence-corrected chi connectivity index (χ1v) is 5.18. The summed E-state index contributed by atoms with van der Waals surface area (Å²) in [5.41, 5.74) is 0.387. The van der Waals surface area contributed by atoms with Gasteiger partial charge in [0, 0.05) is 18.1 Å². The second-order valence-corrected chi connectivity index (χ2v) is 4.77. The molecule has 0 aromatic rings. The Morgan fingerprint density at radius 3 is 3.00 bits per heavy atom. The molecule has 2 aliphatic heterocycles. The molecule has 0 radical (unpaired) electrons. The van der Waals surface area contributed by atoms with Crippen molar-refractivity contribution in [1.82, 2.24) is 10.2 Å². The van der Waals surface area contributed by atoms with E-state index < -0.39 is 0 Å². The van der Waals surface area contributed by atoms with Crippen LogP contribution in [0.15, 0.2) is 0 Å². The average molecular weight is 168 g/mol. The summed E-state index contributed by atoms with van der Waals surface area (Å²) in [6.07, 6.45) is 4.18. The number of hydrogen-bond acceptors (Lipinski definition) is 2. The molecule has 2 aliphatic rings. The second-order valence-electron chi connectivity index (χ2n) is 4.77. The predicted octanol–water partition coefficient (Wildman–Crippen LogP) is 1.22. The third kappa shape index (κ3) is 1.38. The van der Waals surface area contributed by atoms with E-state index in [1.54, 1.807) is 0 Å². The van der Waals surface area contributed by atoms with Crippen LogP contribution in [0.4, 0.5) is 0 Å². The van der Waals surface area contributed by atoms with Crippen molar-refractivity contribution in [1.29, 1.82) is 0 Å². The zero-order chi connectivity index (χ0) is 8.60. The highest BCUT2D eigenvalue weighted by molar-refractivity contribution is 4.94. The Labute approximate surface area is 75.3 Å². The van der Waals surface area contributed by atoms with Gasteiger partial charge in [0.1, 0.15) is 0 Å². The van der Waals surface area contributed by atoms with E-state index in [1.165, 1.54) is 32.4 Å². The Hall–Kier alpha value is -0.0800. The molecular formula is C10H20N2. The number of nitrogens with zero attached hydrogens (tertiary/aromatic N) is 1. The molecule has 2 nitrogen and oxygen atoms in total. The largest absolute Gasteiger partial charge is 0.315 e. The summed E-state index contributed by atoms with van der Waals surface area (Å²) < 4.78 is 0. The molecule has 1 atom stereocenters. The summed E-state index contributed by atoms with van der Waals surface area (Å²) >= 11 is 0. The van der Waals surface area contributed by atoms with Crippen molar-refractivity contribution in [2.45, 2.75) is 44.7 Å². The van der Waals surface area contributed by atoms with Crippen LogP contribution in [-0.4, -0.2) is 36.1 Å². The van der Waals surface area contributed by atoms with Crippen molar-refractivity contribution >= 4 is 0 Å². The summed E-state index contributed by atoms with van der Waals surface area (Å²) in [4.78, 5) is 2.70. The van der Waals surface area contributed by atoms with Crippen molar-refractivity contribution in [3.05, 3.63) is 0 Å². The van der Waals surface area contributed by atoms with Crippen LogP contribution >= 0.6 is 0 Å². The fourth-order valence-corrected chi connectivity index (χ4v) is 2.70. The highest BCUT2D eigenvalue weighted by atomic mass is 15.3. The van der Waals surface area contributed by atoms with E-state index >= 15 is 0 Å². The lowest BCUT2D eigenvalue weighted by molar-refractivity contribution is 0.119. The van der Waals surface area contributed by atoms with Gasteiger partial charge in [-0.2, -0.15) is 0 Å². The Balaban J connectivity index is 2.13. The van der Waals surface area contributed by atoms with Crippen LogP contribution < -0.4 is 5.32 Å². The molecule has 1 N–H and O–H groups in total.